The Balaban J connectivity index is 1.38. The number of aromatic nitrogens is 3. The van der Waals surface area contributed by atoms with Gasteiger partial charge in [0.05, 0.1) is 12.1 Å². The van der Waals surface area contributed by atoms with E-state index in [1.54, 1.807) is 24.3 Å². The Hall–Kier alpha value is -4.01. The summed E-state index contributed by atoms with van der Waals surface area (Å²) in [5, 5.41) is 10.3. The second kappa shape index (κ2) is 6.76. The van der Waals surface area contributed by atoms with Gasteiger partial charge in [-0.05, 0) is 35.4 Å². The fraction of sp³-hybridized carbons (Fsp3) is 0.0909. The summed E-state index contributed by atoms with van der Waals surface area (Å²) in [4.78, 5) is 25.2. The maximum absolute atomic E-state index is 13.0. The molecule has 1 N–H and O–H groups in total. The first-order chi connectivity index (χ1) is 14.8. The summed E-state index contributed by atoms with van der Waals surface area (Å²) >= 11 is 0. The third-order valence-electron chi connectivity index (χ3n) is 5.20. The molecule has 4 aromatic rings. The molecule has 9 heteroatoms. The number of rotatable bonds is 3. The highest BCUT2D eigenvalue weighted by Gasteiger charge is 2.31. The van der Waals surface area contributed by atoms with E-state index < -0.39 is 17.6 Å². The third kappa shape index (κ3) is 3.14. The van der Waals surface area contributed by atoms with Crippen LogP contribution in [0, 0.1) is 0 Å². The smallest absolute Gasteiger partial charge is 0.345 e. The van der Waals surface area contributed by atoms with Crippen LogP contribution >= 0.6 is 0 Å². The lowest BCUT2D eigenvalue weighted by atomic mass is 10.0. The minimum absolute atomic E-state index is 0.132. The van der Waals surface area contributed by atoms with E-state index in [1.165, 1.54) is 16.5 Å². The molecule has 0 saturated carbocycles. The molecular weight excluding hydrogens is 409 g/mol. The Morgan fingerprint density at radius 1 is 0.935 bits per heavy atom. The number of carbonyl (C=O) groups excluding carboxylic acids is 2. The van der Waals surface area contributed by atoms with Crippen LogP contribution in [0.1, 0.15) is 37.7 Å². The second-order valence-corrected chi connectivity index (χ2v) is 7.08. The van der Waals surface area contributed by atoms with Gasteiger partial charge in [-0.1, -0.05) is 30.3 Å². The number of hydrogen-bond acceptors (Lipinski definition) is 4. The highest BCUT2D eigenvalue weighted by molar-refractivity contribution is 6.22. The molecule has 0 fully saturated rings. The fourth-order valence-corrected chi connectivity index (χ4v) is 3.66. The summed E-state index contributed by atoms with van der Waals surface area (Å²) in [6.07, 6.45) is -3.62. The molecule has 0 unspecified atom stereocenters. The molecule has 0 atom stereocenters. The van der Waals surface area contributed by atoms with E-state index in [0.717, 1.165) is 23.4 Å². The van der Waals surface area contributed by atoms with Gasteiger partial charge in [0.2, 0.25) is 0 Å². The number of amides is 1. The van der Waals surface area contributed by atoms with E-state index in [2.05, 4.69) is 15.5 Å². The standard InChI is InChI=1S/C22H13F3N4O2/c23-22(24,25)13-6-8-18-27-28-19(29(18)11-13)10-26-21(31)12-5-7-15-14-3-1-2-4-16(14)20(30)17(15)9-12/h1-9,11H,10H2,(H,26,31). The zero-order chi connectivity index (χ0) is 21.8. The first-order valence-corrected chi connectivity index (χ1v) is 9.30. The van der Waals surface area contributed by atoms with Gasteiger partial charge in [0.25, 0.3) is 5.91 Å². The van der Waals surface area contributed by atoms with Gasteiger partial charge < -0.3 is 5.32 Å². The minimum atomic E-state index is -4.51. The topological polar surface area (TPSA) is 76.4 Å². The minimum Gasteiger partial charge on any atom is -0.345 e. The van der Waals surface area contributed by atoms with Crippen LogP contribution in [-0.2, 0) is 12.7 Å². The van der Waals surface area contributed by atoms with Crippen molar-refractivity contribution in [3.05, 3.63) is 88.9 Å². The van der Waals surface area contributed by atoms with Gasteiger partial charge in [0, 0.05) is 22.9 Å². The van der Waals surface area contributed by atoms with E-state index in [4.69, 9.17) is 0 Å². The molecule has 1 aliphatic rings. The first-order valence-electron chi connectivity index (χ1n) is 9.30. The van der Waals surface area contributed by atoms with E-state index in [0.29, 0.717) is 11.1 Å². The van der Waals surface area contributed by atoms with Crippen molar-refractivity contribution >= 4 is 17.3 Å². The van der Waals surface area contributed by atoms with Crippen LogP contribution in [0.5, 0.6) is 0 Å². The molecule has 0 radical (unpaired) electrons. The average molecular weight is 422 g/mol. The average Bonchev–Trinajstić information content (AvgIpc) is 3.30. The van der Waals surface area contributed by atoms with Crippen LogP contribution < -0.4 is 5.32 Å². The molecule has 2 heterocycles. The van der Waals surface area contributed by atoms with E-state index in [-0.39, 0.29) is 29.4 Å². The zero-order valence-corrected chi connectivity index (χ0v) is 15.8. The second-order valence-electron chi connectivity index (χ2n) is 7.08. The summed E-state index contributed by atoms with van der Waals surface area (Å²) in [7, 11) is 0. The van der Waals surface area contributed by atoms with Gasteiger partial charge >= 0.3 is 6.18 Å². The predicted molar refractivity (Wildman–Crippen MR) is 104 cm³/mol. The SMILES string of the molecule is O=C(NCc1nnc2ccc(C(F)(F)F)cn12)c1ccc2c(c1)C(=O)c1ccccc1-2. The van der Waals surface area contributed by atoms with Crippen molar-refractivity contribution in [1.82, 2.24) is 19.9 Å². The lowest BCUT2D eigenvalue weighted by molar-refractivity contribution is -0.137. The lowest BCUT2D eigenvalue weighted by Gasteiger charge is -2.08. The maximum Gasteiger partial charge on any atom is 0.417 e. The van der Waals surface area contributed by atoms with Crippen LogP contribution in [0.2, 0.25) is 0 Å². The number of hydrogen-bond donors (Lipinski definition) is 1. The van der Waals surface area contributed by atoms with Gasteiger partial charge in [0.1, 0.15) is 0 Å². The molecule has 0 saturated heterocycles. The monoisotopic (exact) mass is 422 g/mol. The number of benzene rings is 2. The molecule has 1 aliphatic carbocycles. The van der Waals surface area contributed by atoms with Gasteiger partial charge in [-0.3, -0.25) is 14.0 Å². The molecular formula is C22H13F3N4O2. The molecule has 5 rings (SSSR count). The zero-order valence-electron chi connectivity index (χ0n) is 15.8. The van der Waals surface area contributed by atoms with Gasteiger partial charge in [-0.15, -0.1) is 10.2 Å². The third-order valence-corrected chi connectivity index (χ3v) is 5.20. The molecule has 0 aliphatic heterocycles. The lowest BCUT2D eigenvalue weighted by Crippen LogP contribution is -2.24. The van der Waals surface area contributed by atoms with Crippen molar-refractivity contribution < 1.29 is 22.8 Å². The Morgan fingerprint density at radius 2 is 1.68 bits per heavy atom. The number of halogens is 3. The number of ketones is 1. The van der Waals surface area contributed by atoms with E-state index >= 15 is 0 Å². The fourth-order valence-electron chi connectivity index (χ4n) is 3.66. The largest absolute Gasteiger partial charge is 0.417 e. The van der Waals surface area contributed by atoms with Gasteiger partial charge in [-0.2, -0.15) is 13.2 Å². The molecule has 1 amide bonds. The molecule has 154 valence electrons. The molecule has 2 aromatic carbocycles. The highest BCUT2D eigenvalue weighted by Crippen LogP contribution is 2.36. The van der Waals surface area contributed by atoms with Crippen molar-refractivity contribution in [3.63, 3.8) is 0 Å². The highest BCUT2D eigenvalue weighted by atomic mass is 19.4. The number of pyridine rings is 1. The van der Waals surface area contributed by atoms with Crippen molar-refractivity contribution in [2.24, 2.45) is 0 Å². The normalized spacial score (nSPS) is 12.7. The molecule has 0 bridgehead atoms. The molecule has 31 heavy (non-hydrogen) atoms. The Kier molecular flexibility index (Phi) is 4.14. The number of carbonyl (C=O) groups is 2. The van der Waals surface area contributed by atoms with E-state index in [1.807, 2.05) is 12.1 Å². The van der Waals surface area contributed by atoms with Crippen LogP contribution in [0.3, 0.4) is 0 Å². The summed E-state index contributed by atoms with van der Waals surface area (Å²) in [6, 6.07) is 14.2. The molecule has 2 aromatic heterocycles. The van der Waals surface area contributed by atoms with Crippen molar-refractivity contribution in [2.75, 3.05) is 0 Å². The quantitative estimate of drug-likeness (QED) is 0.479. The summed E-state index contributed by atoms with van der Waals surface area (Å²) in [6.45, 7) is -0.132. The van der Waals surface area contributed by atoms with Crippen LogP contribution in [0.4, 0.5) is 13.2 Å². The first kappa shape index (κ1) is 19.0. The van der Waals surface area contributed by atoms with Gasteiger partial charge in [-0.25, -0.2) is 0 Å². The van der Waals surface area contributed by atoms with Crippen LogP contribution in [0.25, 0.3) is 16.8 Å². The van der Waals surface area contributed by atoms with Crippen LogP contribution in [-0.4, -0.2) is 26.3 Å². The summed E-state index contributed by atoms with van der Waals surface area (Å²) < 4.78 is 40.1. The number of nitrogens with zero attached hydrogens (tertiary/aromatic N) is 3. The Labute approximate surface area is 173 Å². The summed E-state index contributed by atoms with van der Waals surface area (Å²) in [5.74, 6) is -0.474. The Morgan fingerprint density at radius 3 is 2.45 bits per heavy atom. The number of alkyl halides is 3. The van der Waals surface area contributed by atoms with E-state index in [9.17, 15) is 22.8 Å². The maximum atomic E-state index is 13.0. The predicted octanol–water partition coefficient (Wildman–Crippen LogP) is 3.89. The van der Waals surface area contributed by atoms with Crippen molar-refractivity contribution in [2.45, 2.75) is 12.7 Å². The van der Waals surface area contributed by atoms with Gasteiger partial charge in [0.15, 0.2) is 17.3 Å². The number of fused-ring (bicyclic) bond motifs is 4. The Bertz CT molecular complexity index is 1370. The molecule has 6 nitrogen and oxygen atoms in total. The number of nitrogens with one attached hydrogen (secondary N) is 1. The summed E-state index contributed by atoms with van der Waals surface area (Å²) in [5.41, 5.74) is 2.28. The van der Waals surface area contributed by atoms with Crippen molar-refractivity contribution in [1.29, 1.82) is 0 Å². The molecule has 0 spiro atoms. The van der Waals surface area contributed by atoms with Crippen LogP contribution in [0.15, 0.2) is 60.8 Å². The van der Waals surface area contributed by atoms with Crippen molar-refractivity contribution in [3.8, 4) is 11.1 Å².